The van der Waals surface area contributed by atoms with Gasteiger partial charge in [-0.15, -0.1) is 11.3 Å². The number of hydrogen-bond donors (Lipinski definition) is 0. The summed E-state index contributed by atoms with van der Waals surface area (Å²) < 4.78 is 15.8. The molecule has 1 aromatic rings. The van der Waals surface area contributed by atoms with E-state index in [1.807, 2.05) is 0 Å². The van der Waals surface area contributed by atoms with Crippen molar-refractivity contribution in [2.75, 3.05) is 6.26 Å². The molecule has 1 atom stereocenters. The molecule has 0 radical (unpaired) electrons. The van der Waals surface area contributed by atoms with E-state index in [9.17, 15) is 4.21 Å². The van der Waals surface area contributed by atoms with Crippen molar-refractivity contribution in [3.8, 4) is 0 Å². The molecule has 0 fully saturated rings. The van der Waals surface area contributed by atoms with E-state index >= 15 is 0 Å². The molecule has 1 aromatic heterocycles. The molecule has 0 amide bonds. The van der Waals surface area contributed by atoms with Crippen molar-refractivity contribution in [3.05, 3.63) is 20.9 Å². The minimum Gasteiger partial charge on any atom is -0.285 e. The van der Waals surface area contributed by atoms with Crippen LogP contribution in [0.1, 0.15) is 20.9 Å². The monoisotopic (exact) mass is 218 g/mol. The standard InChI is InChI=1S/C9H14O2S2/c1-6-7(2)9(12-8(6)3)5-11-13(4)10/h5H2,1-4H3/t13-/m1/s1. The van der Waals surface area contributed by atoms with E-state index in [-0.39, 0.29) is 0 Å². The summed E-state index contributed by atoms with van der Waals surface area (Å²) in [5, 5.41) is 0. The molecule has 0 N–H and O–H groups in total. The summed E-state index contributed by atoms with van der Waals surface area (Å²) in [6, 6.07) is 0. The van der Waals surface area contributed by atoms with Crippen LogP contribution in [0, 0.1) is 20.8 Å². The molecule has 0 aromatic carbocycles. The lowest BCUT2D eigenvalue weighted by Crippen LogP contribution is -1.94. The summed E-state index contributed by atoms with van der Waals surface area (Å²) in [6.07, 6.45) is 1.54. The van der Waals surface area contributed by atoms with Crippen LogP contribution in [0.15, 0.2) is 0 Å². The first-order valence-electron chi connectivity index (χ1n) is 4.04. The van der Waals surface area contributed by atoms with Crippen LogP contribution in [0.4, 0.5) is 0 Å². The molecule has 1 rings (SSSR count). The van der Waals surface area contributed by atoms with Gasteiger partial charge in [0, 0.05) is 16.0 Å². The summed E-state index contributed by atoms with van der Waals surface area (Å²) in [7, 11) is 0. The lowest BCUT2D eigenvalue weighted by Gasteiger charge is -1.98. The van der Waals surface area contributed by atoms with Gasteiger partial charge in [0.1, 0.15) is 0 Å². The summed E-state index contributed by atoms with van der Waals surface area (Å²) in [5.74, 6) is 0. The van der Waals surface area contributed by atoms with E-state index in [1.165, 1.54) is 20.9 Å². The van der Waals surface area contributed by atoms with Crippen LogP contribution in [0.3, 0.4) is 0 Å². The van der Waals surface area contributed by atoms with Crippen molar-refractivity contribution in [1.82, 2.24) is 0 Å². The fourth-order valence-corrected chi connectivity index (χ4v) is 2.54. The maximum absolute atomic E-state index is 10.7. The Morgan fingerprint density at radius 1 is 1.31 bits per heavy atom. The number of thiophene rings is 1. The van der Waals surface area contributed by atoms with Gasteiger partial charge in [-0.25, -0.2) is 4.21 Å². The predicted molar refractivity (Wildman–Crippen MR) is 57.4 cm³/mol. The quantitative estimate of drug-likeness (QED) is 0.779. The van der Waals surface area contributed by atoms with Crippen LogP contribution < -0.4 is 0 Å². The molecule has 0 bridgehead atoms. The second-order valence-corrected chi connectivity index (χ2v) is 5.34. The van der Waals surface area contributed by atoms with Crippen LogP contribution in [-0.2, 0) is 21.9 Å². The molecule has 74 valence electrons. The SMILES string of the molecule is Cc1sc(CO[S@](C)=O)c(C)c1C. The lowest BCUT2D eigenvalue weighted by molar-refractivity contribution is 0.343. The molecule has 0 spiro atoms. The third kappa shape index (κ3) is 2.62. The Kier molecular flexibility index (Phi) is 3.64. The number of aryl methyl sites for hydroxylation is 1. The Morgan fingerprint density at radius 3 is 2.31 bits per heavy atom. The Bertz CT molecular complexity index is 329. The summed E-state index contributed by atoms with van der Waals surface area (Å²) in [5.41, 5.74) is 2.60. The highest BCUT2D eigenvalue weighted by Gasteiger charge is 2.08. The highest BCUT2D eigenvalue weighted by atomic mass is 32.2. The van der Waals surface area contributed by atoms with Gasteiger partial charge in [-0.05, 0) is 31.9 Å². The van der Waals surface area contributed by atoms with Gasteiger partial charge in [-0.2, -0.15) is 0 Å². The van der Waals surface area contributed by atoms with Crippen molar-refractivity contribution >= 4 is 22.4 Å². The fraction of sp³-hybridized carbons (Fsp3) is 0.556. The molecule has 0 saturated heterocycles. The first kappa shape index (κ1) is 10.9. The molecule has 0 aliphatic carbocycles. The van der Waals surface area contributed by atoms with Gasteiger partial charge in [0.05, 0.1) is 6.61 Å². The van der Waals surface area contributed by atoms with Crippen LogP contribution in [-0.4, -0.2) is 10.5 Å². The van der Waals surface area contributed by atoms with Crippen molar-refractivity contribution in [1.29, 1.82) is 0 Å². The van der Waals surface area contributed by atoms with Crippen molar-refractivity contribution in [2.45, 2.75) is 27.4 Å². The maximum atomic E-state index is 10.7. The van der Waals surface area contributed by atoms with E-state index in [0.717, 1.165) is 0 Å². The van der Waals surface area contributed by atoms with Crippen LogP contribution in [0.2, 0.25) is 0 Å². The second-order valence-electron chi connectivity index (χ2n) is 2.99. The first-order valence-corrected chi connectivity index (χ1v) is 6.34. The minimum absolute atomic E-state index is 0.467. The van der Waals surface area contributed by atoms with Gasteiger partial charge < -0.3 is 0 Å². The van der Waals surface area contributed by atoms with E-state index in [4.69, 9.17) is 4.18 Å². The third-order valence-corrected chi connectivity index (χ3v) is 3.87. The molecule has 13 heavy (non-hydrogen) atoms. The molecule has 0 aliphatic rings. The molecule has 2 nitrogen and oxygen atoms in total. The number of hydrogen-bond acceptors (Lipinski definition) is 3. The van der Waals surface area contributed by atoms with Crippen LogP contribution in [0.25, 0.3) is 0 Å². The summed E-state index contributed by atoms with van der Waals surface area (Å²) in [4.78, 5) is 2.50. The van der Waals surface area contributed by atoms with Gasteiger partial charge in [0.25, 0.3) is 0 Å². The van der Waals surface area contributed by atoms with E-state index in [0.29, 0.717) is 6.61 Å². The van der Waals surface area contributed by atoms with Gasteiger partial charge in [0.15, 0.2) is 11.1 Å². The molecule has 0 unspecified atom stereocenters. The van der Waals surface area contributed by atoms with Gasteiger partial charge in [-0.3, -0.25) is 4.18 Å². The minimum atomic E-state index is -1.17. The van der Waals surface area contributed by atoms with Crippen LogP contribution in [0.5, 0.6) is 0 Å². The average Bonchev–Trinajstić information content (AvgIpc) is 2.29. The Morgan fingerprint density at radius 2 is 1.92 bits per heavy atom. The van der Waals surface area contributed by atoms with Gasteiger partial charge >= 0.3 is 0 Å². The van der Waals surface area contributed by atoms with Crippen molar-refractivity contribution < 1.29 is 8.39 Å². The Hall–Kier alpha value is -0.190. The third-order valence-electron chi connectivity index (χ3n) is 2.14. The van der Waals surface area contributed by atoms with Gasteiger partial charge in [0.2, 0.25) is 0 Å². The van der Waals surface area contributed by atoms with Crippen LogP contribution >= 0.6 is 11.3 Å². The maximum Gasteiger partial charge on any atom is 0.152 e. The lowest BCUT2D eigenvalue weighted by atomic mass is 10.1. The molecular formula is C9H14O2S2. The molecule has 1 heterocycles. The van der Waals surface area contributed by atoms with E-state index < -0.39 is 11.1 Å². The topological polar surface area (TPSA) is 26.3 Å². The summed E-state index contributed by atoms with van der Waals surface area (Å²) >= 11 is 0.559. The second kappa shape index (κ2) is 4.35. The number of rotatable bonds is 3. The molecular weight excluding hydrogens is 204 g/mol. The van der Waals surface area contributed by atoms with Crippen molar-refractivity contribution in [2.24, 2.45) is 0 Å². The zero-order chi connectivity index (χ0) is 10.0. The predicted octanol–water partition coefficient (Wildman–Crippen LogP) is 2.48. The average molecular weight is 218 g/mol. The zero-order valence-corrected chi connectivity index (χ0v) is 9.97. The molecule has 0 saturated carbocycles. The smallest absolute Gasteiger partial charge is 0.152 e. The molecule has 4 heteroatoms. The normalized spacial score (nSPS) is 13.2. The Balaban J connectivity index is 2.78. The van der Waals surface area contributed by atoms with E-state index in [1.54, 1.807) is 17.6 Å². The fourth-order valence-electron chi connectivity index (χ4n) is 1.09. The Labute approximate surface area is 85.6 Å². The summed E-state index contributed by atoms with van der Waals surface area (Å²) in [6.45, 7) is 6.75. The van der Waals surface area contributed by atoms with Gasteiger partial charge in [-0.1, -0.05) is 0 Å². The highest BCUT2D eigenvalue weighted by molar-refractivity contribution is 7.79. The highest BCUT2D eigenvalue weighted by Crippen LogP contribution is 2.27. The largest absolute Gasteiger partial charge is 0.285 e. The first-order chi connectivity index (χ1) is 6.02. The van der Waals surface area contributed by atoms with Crippen molar-refractivity contribution in [3.63, 3.8) is 0 Å². The zero-order valence-electron chi connectivity index (χ0n) is 8.34. The van der Waals surface area contributed by atoms with E-state index in [2.05, 4.69) is 20.8 Å². The molecule has 0 aliphatic heterocycles.